The molecule has 1 saturated heterocycles. The summed E-state index contributed by atoms with van der Waals surface area (Å²) >= 11 is 1.56. The van der Waals surface area contributed by atoms with Crippen LogP contribution in [0.1, 0.15) is 57.9 Å². The van der Waals surface area contributed by atoms with Gasteiger partial charge in [-0.25, -0.2) is 0 Å². The third kappa shape index (κ3) is 4.10. The highest BCUT2D eigenvalue weighted by molar-refractivity contribution is 7.13. The number of aromatic nitrogens is 2. The molecule has 0 radical (unpaired) electrons. The summed E-state index contributed by atoms with van der Waals surface area (Å²) in [6.07, 6.45) is 5.04. The minimum Gasteiger partial charge on any atom is -0.376 e. The van der Waals surface area contributed by atoms with E-state index in [-0.39, 0.29) is 12.0 Å². The lowest BCUT2D eigenvalue weighted by Crippen LogP contribution is -2.43. The van der Waals surface area contributed by atoms with Crippen LogP contribution in [-0.4, -0.2) is 46.7 Å². The molecule has 1 saturated carbocycles. The van der Waals surface area contributed by atoms with E-state index in [1.807, 2.05) is 24.0 Å². The Kier molecular flexibility index (Phi) is 4.85. The van der Waals surface area contributed by atoms with Gasteiger partial charge in [0.05, 0.1) is 17.6 Å². The first-order valence-corrected chi connectivity index (χ1v) is 9.80. The van der Waals surface area contributed by atoms with Crippen molar-refractivity contribution in [3.63, 3.8) is 0 Å². The molecule has 0 aromatic carbocycles. The van der Waals surface area contributed by atoms with Gasteiger partial charge in [-0.1, -0.05) is 5.16 Å². The molecule has 2 aliphatic rings. The number of nitrogens with zero attached hydrogens (tertiary/aromatic N) is 3. The van der Waals surface area contributed by atoms with E-state index in [4.69, 9.17) is 9.26 Å². The van der Waals surface area contributed by atoms with Crippen molar-refractivity contribution in [1.29, 1.82) is 0 Å². The summed E-state index contributed by atoms with van der Waals surface area (Å²) in [5, 5.41) is 4.02. The molecule has 6 nitrogen and oxygen atoms in total. The fraction of sp³-hybridized carbons (Fsp3) is 0.611. The van der Waals surface area contributed by atoms with Crippen LogP contribution < -0.4 is 0 Å². The first-order valence-electron chi connectivity index (χ1n) is 8.99. The third-order valence-corrected chi connectivity index (χ3v) is 5.69. The number of thiophene rings is 1. The molecule has 2 aromatic heterocycles. The number of aryl methyl sites for hydroxylation is 1. The van der Waals surface area contributed by atoms with Crippen LogP contribution in [-0.2, 0) is 11.2 Å². The van der Waals surface area contributed by atoms with E-state index < -0.39 is 0 Å². The predicted octanol–water partition coefficient (Wildman–Crippen LogP) is 3.18. The van der Waals surface area contributed by atoms with Gasteiger partial charge in [0, 0.05) is 30.3 Å². The number of likely N-dealkylation sites (tertiary alicyclic amines) is 1. The normalized spacial score (nSPS) is 20.8. The predicted molar refractivity (Wildman–Crippen MR) is 93.9 cm³/mol. The highest BCUT2D eigenvalue weighted by Crippen LogP contribution is 2.38. The molecule has 25 heavy (non-hydrogen) atoms. The maximum atomic E-state index is 12.6. The minimum atomic E-state index is 0.0913. The van der Waals surface area contributed by atoms with Crippen molar-refractivity contribution in [2.75, 3.05) is 19.7 Å². The summed E-state index contributed by atoms with van der Waals surface area (Å²) in [6, 6.07) is 3.91. The molecule has 0 spiro atoms. The van der Waals surface area contributed by atoms with Crippen LogP contribution in [0.2, 0.25) is 0 Å². The molecule has 3 heterocycles. The van der Waals surface area contributed by atoms with Crippen molar-refractivity contribution in [2.24, 2.45) is 0 Å². The molecule has 4 rings (SSSR count). The Hall–Kier alpha value is -1.73. The summed E-state index contributed by atoms with van der Waals surface area (Å²) < 4.78 is 11.2. The van der Waals surface area contributed by atoms with Crippen molar-refractivity contribution >= 4 is 17.2 Å². The molecule has 2 fully saturated rings. The van der Waals surface area contributed by atoms with Crippen molar-refractivity contribution in [2.45, 2.75) is 51.0 Å². The van der Waals surface area contributed by atoms with Gasteiger partial charge in [-0.2, -0.15) is 4.98 Å². The van der Waals surface area contributed by atoms with Gasteiger partial charge in [0.25, 0.3) is 5.91 Å². The second-order valence-electron chi connectivity index (χ2n) is 6.87. The summed E-state index contributed by atoms with van der Waals surface area (Å²) in [5.74, 6) is 2.11. The number of rotatable bonds is 6. The van der Waals surface area contributed by atoms with E-state index >= 15 is 0 Å². The fourth-order valence-electron chi connectivity index (χ4n) is 3.15. The number of piperidine rings is 1. The van der Waals surface area contributed by atoms with Crippen molar-refractivity contribution in [3.05, 3.63) is 33.6 Å². The lowest BCUT2D eigenvalue weighted by molar-refractivity contribution is 0.00267. The van der Waals surface area contributed by atoms with Crippen molar-refractivity contribution in [1.82, 2.24) is 15.0 Å². The third-order valence-electron chi connectivity index (χ3n) is 4.71. The molecule has 0 N–H and O–H groups in total. The zero-order valence-corrected chi connectivity index (χ0v) is 15.3. The molecular weight excluding hydrogens is 338 g/mol. The second-order valence-corrected chi connectivity index (χ2v) is 8.16. The van der Waals surface area contributed by atoms with Crippen LogP contribution in [0.5, 0.6) is 0 Å². The number of ether oxygens (including phenoxy) is 1. The molecule has 7 heteroatoms. The fourth-order valence-corrected chi connectivity index (χ4v) is 3.98. The summed E-state index contributed by atoms with van der Waals surface area (Å²) in [7, 11) is 0. The summed E-state index contributed by atoms with van der Waals surface area (Å²) in [4.78, 5) is 20.9. The van der Waals surface area contributed by atoms with Crippen LogP contribution in [0.3, 0.4) is 0 Å². The Balaban J connectivity index is 1.25. The Bertz CT molecular complexity index is 738. The first kappa shape index (κ1) is 16.7. The van der Waals surface area contributed by atoms with Gasteiger partial charge in [0.1, 0.15) is 0 Å². The van der Waals surface area contributed by atoms with Crippen LogP contribution in [0.15, 0.2) is 16.7 Å². The Labute approximate surface area is 151 Å². The van der Waals surface area contributed by atoms with E-state index in [9.17, 15) is 4.79 Å². The number of hydrogen-bond donors (Lipinski definition) is 0. The molecule has 0 bridgehead atoms. The van der Waals surface area contributed by atoms with Crippen LogP contribution in [0.25, 0.3) is 0 Å². The highest BCUT2D eigenvalue weighted by Gasteiger charge is 2.30. The van der Waals surface area contributed by atoms with E-state index in [1.54, 1.807) is 11.3 Å². The number of hydrogen-bond acceptors (Lipinski definition) is 6. The molecule has 1 unspecified atom stereocenters. The van der Waals surface area contributed by atoms with E-state index in [1.165, 1.54) is 4.88 Å². The average Bonchev–Trinajstić information content (AvgIpc) is 3.21. The molecule has 1 aliphatic carbocycles. The van der Waals surface area contributed by atoms with E-state index in [0.29, 0.717) is 25.5 Å². The standard InChI is InChI=1S/C18H23N3O3S/c1-12-4-7-15(25-12)18(22)21-9-2-3-14(11-21)23-10-8-16-19-17(24-20-16)13-5-6-13/h4,7,13-14H,2-3,5-6,8-11H2,1H3. The van der Waals surface area contributed by atoms with Crippen molar-refractivity contribution in [3.8, 4) is 0 Å². The summed E-state index contributed by atoms with van der Waals surface area (Å²) in [6.45, 7) is 4.06. The number of amides is 1. The topological polar surface area (TPSA) is 68.5 Å². The Morgan fingerprint density at radius 2 is 2.28 bits per heavy atom. The molecule has 134 valence electrons. The zero-order valence-electron chi connectivity index (χ0n) is 14.4. The molecule has 1 amide bonds. The maximum Gasteiger partial charge on any atom is 0.264 e. The molecular formula is C18H23N3O3S. The van der Waals surface area contributed by atoms with Gasteiger partial charge >= 0.3 is 0 Å². The minimum absolute atomic E-state index is 0.0913. The van der Waals surface area contributed by atoms with Gasteiger partial charge < -0.3 is 14.2 Å². The quantitative estimate of drug-likeness (QED) is 0.790. The van der Waals surface area contributed by atoms with Gasteiger partial charge in [-0.15, -0.1) is 11.3 Å². The lowest BCUT2D eigenvalue weighted by atomic mass is 10.1. The number of carbonyl (C=O) groups excluding carboxylic acids is 1. The van der Waals surface area contributed by atoms with E-state index in [2.05, 4.69) is 10.1 Å². The maximum absolute atomic E-state index is 12.6. The van der Waals surface area contributed by atoms with Gasteiger partial charge in [0.15, 0.2) is 5.82 Å². The van der Waals surface area contributed by atoms with Crippen LogP contribution >= 0.6 is 11.3 Å². The van der Waals surface area contributed by atoms with Gasteiger partial charge in [0.2, 0.25) is 5.89 Å². The second kappa shape index (κ2) is 7.25. The smallest absolute Gasteiger partial charge is 0.264 e. The molecule has 2 aromatic rings. The molecule has 1 atom stereocenters. The number of carbonyl (C=O) groups is 1. The summed E-state index contributed by atoms with van der Waals surface area (Å²) in [5.41, 5.74) is 0. The zero-order chi connectivity index (χ0) is 17.2. The van der Waals surface area contributed by atoms with Crippen LogP contribution in [0.4, 0.5) is 0 Å². The van der Waals surface area contributed by atoms with Crippen molar-refractivity contribution < 1.29 is 14.1 Å². The molecule has 1 aliphatic heterocycles. The SMILES string of the molecule is Cc1ccc(C(=O)N2CCCC(OCCc3noc(C4CC4)n3)C2)s1. The van der Waals surface area contributed by atoms with Gasteiger partial charge in [-0.3, -0.25) is 4.79 Å². The Morgan fingerprint density at radius 3 is 3.04 bits per heavy atom. The van der Waals surface area contributed by atoms with Crippen LogP contribution in [0, 0.1) is 6.92 Å². The highest BCUT2D eigenvalue weighted by atomic mass is 32.1. The monoisotopic (exact) mass is 361 g/mol. The van der Waals surface area contributed by atoms with E-state index in [0.717, 1.165) is 48.8 Å². The first-order chi connectivity index (χ1) is 12.2. The lowest BCUT2D eigenvalue weighted by Gasteiger charge is -2.32. The average molecular weight is 361 g/mol. The van der Waals surface area contributed by atoms with Gasteiger partial charge in [-0.05, 0) is 44.7 Å². The largest absolute Gasteiger partial charge is 0.376 e. The Morgan fingerprint density at radius 1 is 1.40 bits per heavy atom.